The molecule has 0 amide bonds. The third-order valence-electron chi connectivity index (χ3n) is 4.87. The van der Waals surface area contributed by atoms with Crippen molar-refractivity contribution >= 4 is 0 Å². The van der Waals surface area contributed by atoms with Gasteiger partial charge in [0.1, 0.15) is 0 Å². The van der Waals surface area contributed by atoms with Gasteiger partial charge >= 0.3 is 0 Å². The lowest BCUT2D eigenvalue weighted by atomic mass is 9.81. The van der Waals surface area contributed by atoms with Crippen molar-refractivity contribution in [2.45, 2.75) is 31.6 Å². The summed E-state index contributed by atoms with van der Waals surface area (Å²) in [5, 5.41) is 0. The Balaban J connectivity index is 1.85. The standard InChI is InChI=1S/C16H22FNO/c1-18-7-5-11(6-8-18)13-4-3-12-9-15(17)16(19-2)10-14(12)13/h9-11,13H,3-8H2,1-2H3. The van der Waals surface area contributed by atoms with Crippen LogP contribution in [-0.4, -0.2) is 32.1 Å². The molecule has 1 saturated heterocycles. The van der Waals surface area contributed by atoms with Crippen molar-refractivity contribution in [3.63, 3.8) is 0 Å². The zero-order valence-corrected chi connectivity index (χ0v) is 11.8. The van der Waals surface area contributed by atoms with Gasteiger partial charge in [0.25, 0.3) is 0 Å². The van der Waals surface area contributed by atoms with Gasteiger partial charge in [-0.25, -0.2) is 4.39 Å². The zero-order chi connectivity index (χ0) is 13.4. The average molecular weight is 263 g/mol. The highest BCUT2D eigenvalue weighted by Crippen LogP contribution is 2.44. The quantitative estimate of drug-likeness (QED) is 0.812. The van der Waals surface area contributed by atoms with Crippen molar-refractivity contribution in [2.24, 2.45) is 5.92 Å². The SMILES string of the molecule is COc1cc2c(cc1F)CCC2C1CCN(C)CC1. The van der Waals surface area contributed by atoms with Crippen LogP contribution in [0.25, 0.3) is 0 Å². The molecule has 19 heavy (non-hydrogen) atoms. The fraction of sp³-hybridized carbons (Fsp3) is 0.625. The summed E-state index contributed by atoms with van der Waals surface area (Å²) < 4.78 is 18.9. The third-order valence-corrected chi connectivity index (χ3v) is 4.87. The predicted octanol–water partition coefficient (Wildman–Crippen LogP) is 3.21. The molecule has 0 N–H and O–H groups in total. The maximum absolute atomic E-state index is 13.7. The Bertz CT molecular complexity index is 466. The van der Waals surface area contributed by atoms with Crippen LogP contribution in [-0.2, 0) is 6.42 Å². The molecule has 0 radical (unpaired) electrons. The molecule has 0 bridgehead atoms. The number of likely N-dealkylation sites (tertiary alicyclic amines) is 1. The van der Waals surface area contributed by atoms with E-state index in [1.165, 1.54) is 43.5 Å². The number of aryl methyl sites for hydroxylation is 1. The minimum atomic E-state index is -0.217. The molecule has 0 aromatic heterocycles. The van der Waals surface area contributed by atoms with Crippen LogP contribution in [0.1, 0.15) is 36.3 Å². The van der Waals surface area contributed by atoms with E-state index in [4.69, 9.17) is 4.74 Å². The Morgan fingerprint density at radius 3 is 2.63 bits per heavy atom. The molecule has 0 saturated carbocycles. The largest absolute Gasteiger partial charge is 0.494 e. The van der Waals surface area contributed by atoms with E-state index in [0.29, 0.717) is 11.7 Å². The smallest absolute Gasteiger partial charge is 0.165 e. The molecule has 1 atom stereocenters. The Hall–Kier alpha value is -1.09. The van der Waals surface area contributed by atoms with Gasteiger partial charge in [-0.1, -0.05) is 0 Å². The number of halogens is 1. The first-order valence-electron chi connectivity index (χ1n) is 7.24. The molecule has 1 aromatic carbocycles. The molecule has 3 rings (SSSR count). The highest BCUT2D eigenvalue weighted by Gasteiger charge is 2.32. The number of ether oxygens (including phenoxy) is 1. The van der Waals surface area contributed by atoms with Crippen molar-refractivity contribution in [3.05, 3.63) is 29.1 Å². The van der Waals surface area contributed by atoms with E-state index in [1.807, 2.05) is 6.07 Å². The van der Waals surface area contributed by atoms with Gasteiger partial charge in [-0.2, -0.15) is 0 Å². The molecular weight excluding hydrogens is 241 g/mol. The minimum Gasteiger partial charge on any atom is -0.494 e. The van der Waals surface area contributed by atoms with E-state index < -0.39 is 0 Å². The maximum Gasteiger partial charge on any atom is 0.165 e. The molecular formula is C16H22FNO. The molecule has 1 aliphatic carbocycles. The summed E-state index contributed by atoms with van der Waals surface area (Å²) in [5.41, 5.74) is 2.54. The maximum atomic E-state index is 13.7. The molecule has 104 valence electrons. The monoisotopic (exact) mass is 263 g/mol. The molecule has 2 nitrogen and oxygen atoms in total. The fourth-order valence-electron chi connectivity index (χ4n) is 3.72. The van der Waals surface area contributed by atoms with Gasteiger partial charge in [-0.15, -0.1) is 0 Å². The number of nitrogens with zero attached hydrogens (tertiary/aromatic N) is 1. The summed E-state index contributed by atoms with van der Waals surface area (Å²) in [4.78, 5) is 2.40. The summed E-state index contributed by atoms with van der Waals surface area (Å²) in [6.07, 6.45) is 4.73. The highest BCUT2D eigenvalue weighted by atomic mass is 19.1. The normalized spacial score (nSPS) is 24.5. The summed E-state index contributed by atoms with van der Waals surface area (Å²) >= 11 is 0. The van der Waals surface area contributed by atoms with Crippen molar-refractivity contribution in [3.8, 4) is 5.75 Å². The second-order valence-electron chi connectivity index (χ2n) is 5.97. The fourth-order valence-corrected chi connectivity index (χ4v) is 3.72. The lowest BCUT2D eigenvalue weighted by molar-refractivity contribution is 0.197. The molecule has 2 aliphatic rings. The Labute approximate surface area is 114 Å². The number of hydrogen-bond acceptors (Lipinski definition) is 2. The zero-order valence-electron chi connectivity index (χ0n) is 11.8. The molecule has 3 heteroatoms. The van der Waals surface area contributed by atoms with Crippen LogP contribution in [0.3, 0.4) is 0 Å². The van der Waals surface area contributed by atoms with Gasteiger partial charge in [0.05, 0.1) is 7.11 Å². The number of fused-ring (bicyclic) bond motifs is 1. The van der Waals surface area contributed by atoms with Gasteiger partial charge in [-0.3, -0.25) is 0 Å². The van der Waals surface area contributed by atoms with Crippen molar-refractivity contribution < 1.29 is 9.13 Å². The van der Waals surface area contributed by atoms with E-state index in [9.17, 15) is 4.39 Å². The Kier molecular flexibility index (Phi) is 3.48. The summed E-state index contributed by atoms with van der Waals surface area (Å²) in [7, 11) is 3.74. The van der Waals surface area contributed by atoms with Crippen LogP contribution in [0.2, 0.25) is 0 Å². The molecule has 1 heterocycles. The number of hydrogen-bond donors (Lipinski definition) is 0. The Morgan fingerprint density at radius 1 is 1.21 bits per heavy atom. The van der Waals surface area contributed by atoms with Crippen LogP contribution in [0.4, 0.5) is 4.39 Å². The van der Waals surface area contributed by atoms with Crippen molar-refractivity contribution in [1.82, 2.24) is 4.90 Å². The molecule has 1 aliphatic heterocycles. The number of methoxy groups -OCH3 is 1. The topological polar surface area (TPSA) is 12.5 Å². The van der Waals surface area contributed by atoms with Crippen LogP contribution in [0, 0.1) is 11.7 Å². The number of rotatable bonds is 2. The average Bonchev–Trinajstić information content (AvgIpc) is 2.81. The summed E-state index contributed by atoms with van der Waals surface area (Å²) in [6.45, 7) is 2.38. The van der Waals surface area contributed by atoms with E-state index >= 15 is 0 Å². The van der Waals surface area contributed by atoms with Crippen LogP contribution >= 0.6 is 0 Å². The first kappa shape index (κ1) is 12.9. The first-order valence-corrected chi connectivity index (χ1v) is 7.24. The first-order chi connectivity index (χ1) is 9.19. The van der Waals surface area contributed by atoms with Gasteiger partial charge in [0.2, 0.25) is 0 Å². The van der Waals surface area contributed by atoms with E-state index in [0.717, 1.165) is 12.3 Å². The van der Waals surface area contributed by atoms with E-state index in [1.54, 1.807) is 13.2 Å². The highest BCUT2D eigenvalue weighted by molar-refractivity contribution is 5.42. The third kappa shape index (κ3) is 2.36. The molecule has 1 fully saturated rings. The van der Waals surface area contributed by atoms with Crippen LogP contribution in [0.5, 0.6) is 5.75 Å². The minimum absolute atomic E-state index is 0.217. The van der Waals surface area contributed by atoms with Crippen molar-refractivity contribution in [2.75, 3.05) is 27.2 Å². The Morgan fingerprint density at radius 2 is 1.95 bits per heavy atom. The van der Waals surface area contributed by atoms with Gasteiger partial charge in [0.15, 0.2) is 11.6 Å². The summed E-state index contributed by atoms with van der Waals surface area (Å²) in [5.74, 6) is 1.55. The lowest BCUT2D eigenvalue weighted by Gasteiger charge is -2.33. The number of piperidine rings is 1. The molecule has 1 unspecified atom stereocenters. The summed E-state index contributed by atoms with van der Waals surface area (Å²) in [6, 6.07) is 3.63. The second-order valence-corrected chi connectivity index (χ2v) is 5.97. The second kappa shape index (κ2) is 5.12. The van der Waals surface area contributed by atoms with E-state index in [2.05, 4.69) is 11.9 Å². The van der Waals surface area contributed by atoms with Gasteiger partial charge < -0.3 is 9.64 Å². The van der Waals surface area contributed by atoms with Crippen LogP contribution < -0.4 is 4.74 Å². The number of benzene rings is 1. The van der Waals surface area contributed by atoms with E-state index in [-0.39, 0.29) is 5.82 Å². The molecule has 1 aromatic rings. The van der Waals surface area contributed by atoms with Gasteiger partial charge in [-0.05, 0) is 80.9 Å². The van der Waals surface area contributed by atoms with Gasteiger partial charge in [0, 0.05) is 0 Å². The van der Waals surface area contributed by atoms with Crippen LogP contribution in [0.15, 0.2) is 12.1 Å². The van der Waals surface area contributed by atoms with Crippen molar-refractivity contribution in [1.29, 1.82) is 0 Å². The predicted molar refractivity (Wildman–Crippen MR) is 74.2 cm³/mol. The molecule has 0 spiro atoms. The lowest BCUT2D eigenvalue weighted by Crippen LogP contribution is -2.32.